The van der Waals surface area contributed by atoms with Gasteiger partial charge in [-0.05, 0) is 37.9 Å². The average molecular weight is 316 g/mol. The number of piperidine rings is 1. The zero-order chi connectivity index (χ0) is 16.4. The van der Waals surface area contributed by atoms with Gasteiger partial charge in [0.1, 0.15) is 0 Å². The monoisotopic (exact) mass is 316 g/mol. The Balaban J connectivity index is 1.89. The Labute approximate surface area is 134 Å². The van der Waals surface area contributed by atoms with Crippen LogP contribution in [0.25, 0.3) is 5.69 Å². The molecule has 0 radical (unpaired) electrons. The van der Waals surface area contributed by atoms with Crippen molar-refractivity contribution in [2.24, 2.45) is 0 Å². The highest BCUT2D eigenvalue weighted by Gasteiger charge is 2.19. The van der Waals surface area contributed by atoms with Gasteiger partial charge in [0.15, 0.2) is 0 Å². The van der Waals surface area contributed by atoms with E-state index in [1.54, 1.807) is 23.0 Å². The molecule has 0 aliphatic carbocycles. The standard InChI is InChI=1S/C16H20N4O3/c1-12-8-19(11-17-12)14-5-13(6-15(7-14)20(22)23)9-18-4-2-3-16(21)10-18/h5-8,11,16,21H,2-4,9-10H2,1H3. The summed E-state index contributed by atoms with van der Waals surface area (Å²) in [5, 5.41) is 21.0. The molecule has 1 unspecified atom stereocenters. The summed E-state index contributed by atoms with van der Waals surface area (Å²) in [7, 11) is 0. The van der Waals surface area contributed by atoms with Gasteiger partial charge in [-0.3, -0.25) is 15.0 Å². The minimum atomic E-state index is -0.373. The Kier molecular flexibility index (Phi) is 4.40. The molecular formula is C16H20N4O3. The lowest BCUT2D eigenvalue weighted by Crippen LogP contribution is -2.37. The quantitative estimate of drug-likeness (QED) is 0.689. The number of hydrogen-bond acceptors (Lipinski definition) is 5. The van der Waals surface area contributed by atoms with Gasteiger partial charge in [-0.15, -0.1) is 0 Å². The van der Waals surface area contributed by atoms with Crippen molar-refractivity contribution in [3.8, 4) is 5.69 Å². The third kappa shape index (κ3) is 3.75. The van der Waals surface area contributed by atoms with Crippen molar-refractivity contribution in [2.75, 3.05) is 13.1 Å². The highest BCUT2D eigenvalue weighted by molar-refractivity contribution is 5.47. The predicted octanol–water partition coefficient (Wildman–Crippen LogP) is 2.05. The summed E-state index contributed by atoms with van der Waals surface area (Å²) in [6.45, 7) is 3.99. The first kappa shape index (κ1) is 15.6. The predicted molar refractivity (Wildman–Crippen MR) is 85.5 cm³/mol. The van der Waals surface area contributed by atoms with Crippen molar-refractivity contribution in [1.29, 1.82) is 0 Å². The largest absolute Gasteiger partial charge is 0.392 e. The zero-order valence-corrected chi connectivity index (χ0v) is 13.1. The summed E-state index contributed by atoms with van der Waals surface area (Å²) in [5.41, 5.74) is 2.53. The number of aliphatic hydroxyl groups excluding tert-OH is 1. The third-order valence-corrected chi connectivity index (χ3v) is 4.07. The maximum absolute atomic E-state index is 11.2. The van der Waals surface area contributed by atoms with E-state index in [2.05, 4.69) is 9.88 Å². The fourth-order valence-electron chi connectivity index (χ4n) is 3.00. The van der Waals surface area contributed by atoms with Crippen LogP contribution in [0.2, 0.25) is 0 Å². The Morgan fingerprint density at radius 2 is 2.26 bits per heavy atom. The summed E-state index contributed by atoms with van der Waals surface area (Å²) in [6.07, 6.45) is 4.96. The molecule has 1 aromatic carbocycles. The Bertz CT molecular complexity index is 713. The van der Waals surface area contributed by atoms with E-state index in [0.717, 1.165) is 36.3 Å². The van der Waals surface area contributed by atoms with Gasteiger partial charge in [0.2, 0.25) is 0 Å². The van der Waals surface area contributed by atoms with Crippen LogP contribution in [0.4, 0.5) is 5.69 Å². The molecule has 7 nitrogen and oxygen atoms in total. The van der Waals surface area contributed by atoms with Crippen LogP contribution in [0.3, 0.4) is 0 Å². The number of rotatable bonds is 4. The smallest absolute Gasteiger partial charge is 0.271 e. The lowest BCUT2D eigenvalue weighted by atomic mass is 10.1. The van der Waals surface area contributed by atoms with Gasteiger partial charge in [-0.25, -0.2) is 4.98 Å². The number of non-ortho nitro benzene ring substituents is 1. The van der Waals surface area contributed by atoms with Gasteiger partial charge >= 0.3 is 0 Å². The van der Waals surface area contributed by atoms with Gasteiger partial charge in [0, 0.05) is 31.4 Å². The molecule has 0 bridgehead atoms. The maximum atomic E-state index is 11.2. The summed E-state index contributed by atoms with van der Waals surface area (Å²) in [4.78, 5) is 17.1. The average Bonchev–Trinajstić information content (AvgIpc) is 2.93. The van der Waals surface area contributed by atoms with Crippen LogP contribution in [-0.4, -0.2) is 43.7 Å². The van der Waals surface area contributed by atoms with Gasteiger partial charge in [-0.1, -0.05) is 0 Å². The summed E-state index contributed by atoms with van der Waals surface area (Å²) >= 11 is 0. The second-order valence-corrected chi connectivity index (χ2v) is 6.07. The molecule has 1 aromatic heterocycles. The van der Waals surface area contributed by atoms with Crippen molar-refractivity contribution in [3.63, 3.8) is 0 Å². The number of nitrogens with zero attached hydrogens (tertiary/aromatic N) is 4. The molecule has 0 saturated carbocycles. The molecule has 23 heavy (non-hydrogen) atoms. The van der Waals surface area contributed by atoms with E-state index in [1.165, 1.54) is 0 Å². The van der Waals surface area contributed by atoms with E-state index < -0.39 is 0 Å². The van der Waals surface area contributed by atoms with Crippen molar-refractivity contribution < 1.29 is 10.0 Å². The van der Waals surface area contributed by atoms with Gasteiger partial charge < -0.3 is 9.67 Å². The summed E-state index contributed by atoms with van der Waals surface area (Å²) < 4.78 is 1.79. The number of imidazole rings is 1. The molecule has 3 rings (SSSR count). The first-order valence-electron chi connectivity index (χ1n) is 7.71. The topological polar surface area (TPSA) is 84.4 Å². The maximum Gasteiger partial charge on any atom is 0.271 e. The zero-order valence-electron chi connectivity index (χ0n) is 13.1. The molecule has 1 aliphatic heterocycles. The van der Waals surface area contributed by atoms with E-state index >= 15 is 0 Å². The number of aryl methyl sites for hydroxylation is 1. The number of aliphatic hydroxyl groups is 1. The summed E-state index contributed by atoms with van der Waals surface area (Å²) in [6, 6.07) is 5.10. The Morgan fingerprint density at radius 1 is 1.43 bits per heavy atom. The number of benzene rings is 1. The number of aromatic nitrogens is 2. The highest BCUT2D eigenvalue weighted by atomic mass is 16.6. The van der Waals surface area contributed by atoms with Gasteiger partial charge in [0.25, 0.3) is 5.69 Å². The third-order valence-electron chi connectivity index (χ3n) is 4.07. The minimum Gasteiger partial charge on any atom is -0.392 e. The normalized spacial score (nSPS) is 19.0. The van der Waals surface area contributed by atoms with Crippen LogP contribution in [-0.2, 0) is 6.54 Å². The van der Waals surface area contributed by atoms with Gasteiger partial charge in [0.05, 0.1) is 28.7 Å². The minimum absolute atomic E-state index is 0.0708. The molecule has 7 heteroatoms. The molecule has 1 aliphatic rings. The van der Waals surface area contributed by atoms with Crippen LogP contribution in [0.5, 0.6) is 0 Å². The van der Waals surface area contributed by atoms with Crippen LogP contribution < -0.4 is 0 Å². The number of nitro benzene ring substituents is 1. The van der Waals surface area contributed by atoms with Crippen LogP contribution in [0, 0.1) is 17.0 Å². The SMILES string of the molecule is Cc1cn(-c2cc(CN3CCCC(O)C3)cc([N+](=O)[O-])c2)cn1. The van der Waals surface area contributed by atoms with E-state index in [4.69, 9.17) is 0 Å². The first-order chi connectivity index (χ1) is 11.0. The van der Waals surface area contributed by atoms with Crippen molar-refractivity contribution in [1.82, 2.24) is 14.5 Å². The molecule has 1 atom stereocenters. The lowest BCUT2D eigenvalue weighted by Gasteiger charge is -2.30. The van der Waals surface area contributed by atoms with Crippen LogP contribution in [0.1, 0.15) is 24.1 Å². The summed E-state index contributed by atoms with van der Waals surface area (Å²) in [5.74, 6) is 0. The lowest BCUT2D eigenvalue weighted by molar-refractivity contribution is -0.384. The van der Waals surface area contributed by atoms with E-state index in [-0.39, 0.29) is 16.7 Å². The van der Waals surface area contributed by atoms with Crippen molar-refractivity contribution >= 4 is 5.69 Å². The second-order valence-electron chi connectivity index (χ2n) is 6.07. The van der Waals surface area contributed by atoms with E-state index in [1.807, 2.05) is 19.2 Å². The fraction of sp³-hybridized carbons (Fsp3) is 0.438. The molecule has 1 fully saturated rings. The van der Waals surface area contributed by atoms with Crippen LogP contribution in [0.15, 0.2) is 30.7 Å². The van der Waals surface area contributed by atoms with E-state index in [0.29, 0.717) is 13.1 Å². The van der Waals surface area contributed by atoms with Crippen molar-refractivity contribution in [2.45, 2.75) is 32.4 Å². The molecule has 0 spiro atoms. The molecule has 1 N–H and O–H groups in total. The molecule has 2 aromatic rings. The second kappa shape index (κ2) is 6.47. The molecule has 0 amide bonds. The van der Waals surface area contributed by atoms with E-state index in [9.17, 15) is 15.2 Å². The number of hydrogen-bond donors (Lipinski definition) is 1. The Morgan fingerprint density at radius 3 is 2.91 bits per heavy atom. The molecule has 2 heterocycles. The van der Waals surface area contributed by atoms with Gasteiger partial charge in [-0.2, -0.15) is 0 Å². The van der Waals surface area contributed by atoms with Crippen molar-refractivity contribution in [3.05, 3.63) is 52.1 Å². The first-order valence-corrected chi connectivity index (χ1v) is 7.71. The molecular weight excluding hydrogens is 296 g/mol. The van der Waals surface area contributed by atoms with Crippen LogP contribution >= 0.6 is 0 Å². The number of nitro groups is 1. The molecule has 122 valence electrons. The molecule has 1 saturated heterocycles. The highest BCUT2D eigenvalue weighted by Crippen LogP contribution is 2.23. The fourth-order valence-corrected chi connectivity index (χ4v) is 3.00. The Hall–Kier alpha value is -2.25. The number of likely N-dealkylation sites (tertiary alicyclic amines) is 1. The number of β-amino-alcohol motifs (C(OH)–C–C–N with tert-alkyl or cyclic N) is 1.